The topological polar surface area (TPSA) is 81.2 Å². The molecule has 0 fully saturated rings. The standard InChI is InChI=1S/C15H13N3O2/c1-9-2-4-12-10(6-9)7-13(20-12)15(19)18-11-3-5-14(16)17-8-11/h2-8H,1H3,(H2,16,17)(H,18,19). The highest BCUT2D eigenvalue weighted by Gasteiger charge is 2.12. The number of nitrogens with one attached hydrogen (secondary N) is 1. The van der Waals surface area contributed by atoms with Gasteiger partial charge in [-0.2, -0.15) is 0 Å². The van der Waals surface area contributed by atoms with Crippen molar-refractivity contribution in [1.29, 1.82) is 0 Å². The Kier molecular flexibility index (Phi) is 2.87. The molecule has 0 aliphatic heterocycles. The molecule has 1 amide bonds. The Morgan fingerprint density at radius 3 is 2.85 bits per heavy atom. The van der Waals surface area contributed by atoms with E-state index >= 15 is 0 Å². The highest BCUT2D eigenvalue weighted by molar-refractivity contribution is 6.04. The fraction of sp³-hybridized carbons (Fsp3) is 0.0667. The molecule has 1 aromatic carbocycles. The summed E-state index contributed by atoms with van der Waals surface area (Å²) in [6.45, 7) is 1.99. The van der Waals surface area contributed by atoms with Crippen LogP contribution in [0.25, 0.3) is 11.0 Å². The number of aryl methyl sites for hydroxylation is 1. The van der Waals surface area contributed by atoms with Gasteiger partial charge in [-0.05, 0) is 37.3 Å². The van der Waals surface area contributed by atoms with Crippen molar-refractivity contribution >= 4 is 28.4 Å². The van der Waals surface area contributed by atoms with Gasteiger partial charge >= 0.3 is 0 Å². The van der Waals surface area contributed by atoms with E-state index in [2.05, 4.69) is 10.3 Å². The van der Waals surface area contributed by atoms with E-state index in [1.807, 2.05) is 25.1 Å². The summed E-state index contributed by atoms with van der Waals surface area (Å²) in [4.78, 5) is 16.0. The summed E-state index contributed by atoms with van der Waals surface area (Å²) < 4.78 is 5.52. The Hall–Kier alpha value is -2.82. The van der Waals surface area contributed by atoms with Gasteiger partial charge in [0, 0.05) is 5.39 Å². The predicted molar refractivity (Wildman–Crippen MR) is 77.6 cm³/mol. The predicted octanol–water partition coefficient (Wildman–Crippen LogP) is 2.97. The summed E-state index contributed by atoms with van der Waals surface area (Å²) in [7, 11) is 0. The quantitative estimate of drug-likeness (QED) is 0.748. The third-order valence-electron chi connectivity index (χ3n) is 2.94. The SMILES string of the molecule is Cc1ccc2oc(C(=O)Nc3ccc(N)nc3)cc2c1. The summed E-state index contributed by atoms with van der Waals surface area (Å²) >= 11 is 0. The summed E-state index contributed by atoms with van der Waals surface area (Å²) in [5.74, 6) is 0.357. The van der Waals surface area contributed by atoms with Crippen LogP contribution in [-0.2, 0) is 0 Å². The normalized spacial score (nSPS) is 10.7. The highest BCUT2D eigenvalue weighted by atomic mass is 16.3. The fourth-order valence-electron chi connectivity index (χ4n) is 1.95. The average molecular weight is 267 g/mol. The first kappa shape index (κ1) is 12.2. The average Bonchev–Trinajstić information content (AvgIpc) is 2.84. The maximum atomic E-state index is 12.1. The van der Waals surface area contributed by atoms with Gasteiger partial charge in [0.1, 0.15) is 11.4 Å². The van der Waals surface area contributed by atoms with Crippen molar-refractivity contribution in [3.05, 3.63) is 53.9 Å². The first-order chi connectivity index (χ1) is 9.61. The molecule has 100 valence electrons. The van der Waals surface area contributed by atoms with Crippen molar-refractivity contribution < 1.29 is 9.21 Å². The summed E-state index contributed by atoms with van der Waals surface area (Å²) in [5.41, 5.74) is 7.87. The number of furan rings is 1. The van der Waals surface area contributed by atoms with Crippen LogP contribution >= 0.6 is 0 Å². The fourth-order valence-corrected chi connectivity index (χ4v) is 1.95. The Morgan fingerprint density at radius 1 is 1.25 bits per heavy atom. The number of fused-ring (bicyclic) bond motifs is 1. The smallest absolute Gasteiger partial charge is 0.291 e. The van der Waals surface area contributed by atoms with E-state index in [-0.39, 0.29) is 11.7 Å². The molecule has 0 spiro atoms. The number of anilines is 2. The maximum absolute atomic E-state index is 12.1. The molecule has 5 heteroatoms. The van der Waals surface area contributed by atoms with Crippen LogP contribution in [-0.4, -0.2) is 10.9 Å². The zero-order valence-corrected chi connectivity index (χ0v) is 10.9. The molecule has 0 aliphatic carbocycles. The minimum absolute atomic E-state index is 0.266. The molecule has 0 aliphatic rings. The van der Waals surface area contributed by atoms with E-state index in [0.717, 1.165) is 10.9 Å². The Balaban J connectivity index is 1.86. The molecule has 0 atom stereocenters. The number of rotatable bonds is 2. The Bertz CT molecular complexity index is 775. The number of aromatic nitrogens is 1. The van der Waals surface area contributed by atoms with Gasteiger partial charge < -0.3 is 15.5 Å². The number of amides is 1. The molecule has 0 radical (unpaired) electrons. The molecule has 0 bridgehead atoms. The largest absolute Gasteiger partial charge is 0.451 e. The number of carbonyl (C=O) groups is 1. The Labute approximate surface area is 115 Å². The molecular formula is C15H13N3O2. The minimum atomic E-state index is -0.314. The monoisotopic (exact) mass is 267 g/mol. The van der Waals surface area contributed by atoms with Crippen molar-refractivity contribution in [3.8, 4) is 0 Å². The lowest BCUT2D eigenvalue weighted by Crippen LogP contribution is -2.11. The molecule has 3 aromatic rings. The molecule has 0 saturated heterocycles. The summed E-state index contributed by atoms with van der Waals surface area (Å²) in [5, 5.41) is 3.62. The number of pyridine rings is 1. The van der Waals surface area contributed by atoms with Crippen molar-refractivity contribution in [3.63, 3.8) is 0 Å². The van der Waals surface area contributed by atoms with E-state index in [4.69, 9.17) is 10.2 Å². The number of nitrogens with two attached hydrogens (primary N) is 1. The van der Waals surface area contributed by atoms with E-state index in [1.165, 1.54) is 6.20 Å². The highest BCUT2D eigenvalue weighted by Crippen LogP contribution is 2.21. The molecule has 3 N–H and O–H groups in total. The molecule has 0 saturated carbocycles. The van der Waals surface area contributed by atoms with Crippen molar-refractivity contribution in [2.45, 2.75) is 6.92 Å². The second-order valence-corrected chi connectivity index (χ2v) is 4.58. The maximum Gasteiger partial charge on any atom is 0.291 e. The van der Waals surface area contributed by atoms with Gasteiger partial charge in [0.25, 0.3) is 5.91 Å². The van der Waals surface area contributed by atoms with Gasteiger partial charge in [-0.1, -0.05) is 11.6 Å². The van der Waals surface area contributed by atoms with Crippen molar-refractivity contribution in [1.82, 2.24) is 4.98 Å². The van der Waals surface area contributed by atoms with Crippen LogP contribution in [0.3, 0.4) is 0 Å². The van der Waals surface area contributed by atoms with Crippen LogP contribution in [0.4, 0.5) is 11.5 Å². The van der Waals surface area contributed by atoms with Crippen LogP contribution in [0.1, 0.15) is 16.1 Å². The van der Waals surface area contributed by atoms with E-state index in [0.29, 0.717) is 17.1 Å². The Morgan fingerprint density at radius 2 is 2.10 bits per heavy atom. The lowest BCUT2D eigenvalue weighted by Gasteiger charge is -2.02. The molecule has 2 aromatic heterocycles. The lowest BCUT2D eigenvalue weighted by atomic mass is 10.2. The molecule has 20 heavy (non-hydrogen) atoms. The first-order valence-electron chi connectivity index (χ1n) is 6.15. The molecule has 0 unspecified atom stereocenters. The van der Waals surface area contributed by atoms with Crippen molar-refractivity contribution in [2.75, 3.05) is 11.1 Å². The number of nitrogens with zero attached hydrogens (tertiary/aromatic N) is 1. The van der Waals surface area contributed by atoms with Crippen LogP contribution in [0.2, 0.25) is 0 Å². The second-order valence-electron chi connectivity index (χ2n) is 4.58. The van der Waals surface area contributed by atoms with E-state index in [9.17, 15) is 4.79 Å². The van der Waals surface area contributed by atoms with Gasteiger partial charge in [0.2, 0.25) is 0 Å². The van der Waals surface area contributed by atoms with Crippen molar-refractivity contribution in [2.24, 2.45) is 0 Å². The van der Waals surface area contributed by atoms with E-state index in [1.54, 1.807) is 18.2 Å². The molecule has 5 nitrogen and oxygen atoms in total. The number of benzene rings is 1. The lowest BCUT2D eigenvalue weighted by molar-refractivity contribution is 0.0998. The van der Waals surface area contributed by atoms with Crippen LogP contribution in [0.5, 0.6) is 0 Å². The third kappa shape index (κ3) is 2.33. The zero-order chi connectivity index (χ0) is 14.1. The van der Waals surface area contributed by atoms with Gasteiger partial charge in [0.15, 0.2) is 5.76 Å². The first-order valence-corrected chi connectivity index (χ1v) is 6.15. The molecular weight excluding hydrogens is 254 g/mol. The third-order valence-corrected chi connectivity index (χ3v) is 2.94. The molecule has 2 heterocycles. The number of hydrogen-bond acceptors (Lipinski definition) is 4. The van der Waals surface area contributed by atoms with Gasteiger partial charge in [-0.15, -0.1) is 0 Å². The van der Waals surface area contributed by atoms with Crippen LogP contribution < -0.4 is 11.1 Å². The second kappa shape index (κ2) is 4.70. The van der Waals surface area contributed by atoms with E-state index < -0.39 is 0 Å². The van der Waals surface area contributed by atoms with Gasteiger partial charge in [-0.3, -0.25) is 4.79 Å². The summed E-state index contributed by atoms with van der Waals surface area (Å²) in [6.07, 6.45) is 1.50. The minimum Gasteiger partial charge on any atom is -0.451 e. The van der Waals surface area contributed by atoms with Crippen LogP contribution in [0.15, 0.2) is 47.0 Å². The van der Waals surface area contributed by atoms with Crippen LogP contribution in [0, 0.1) is 6.92 Å². The number of nitrogen functional groups attached to an aromatic ring is 1. The zero-order valence-electron chi connectivity index (χ0n) is 10.9. The van der Waals surface area contributed by atoms with Gasteiger partial charge in [0.05, 0.1) is 11.9 Å². The molecule has 3 rings (SSSR count). The number of hydrogen-bond donors (Lipinski definition) is 2. The van der Waals surface area contributed by atoms with Gasteiger partial charge in [-0.25, -0.2) is 4.98 Å². The summed E-state index contributed by atoms with van der Waals surface area (Å²) in [6, 6.07) is 10.8. The number of carbonyl (C=O) groups excluding carboxylic acids is 1.